The van der Waals surface area contributed by atoms with Gasteiger partial charge in [0, 0.05) is 12.6 Å². The maximum atomic E-state index is 12.5. The Morgan fingerprint density at radius 2 is 1.75 bits per heavy atom. The van der Waals surface area contributed by atoms with Crippen LogP contribution in [0.2, 0.25) is 0 Å². The van der Waals surface area contributed by atoms with Crippen molar-refractivity contribution in [3.63, 3.8) is 0 Å². The number of methoxy groups -OCH3 is 2. The molecule has 2 fully saturated rings. The Bertz CT molecular complexity index is 988. The van der Waals surface area contributed by atoms with Crippen molar-refractivity contribution in [1.82, 2.24) is 4.90 Å². The van der Waals surface area contributed by atoms with Crippen LogP contribution >= 0.6 is 0 Å². The van der Waals surface area contributed by atoms with Gasteiger partial charge in [-0.2, -0.15) is 0 Å². The lowest BCUT2D eigenvalue weighted by atomic mass is 9.89. The number of anilines is 1. The van der Waals surface area contributed by atoms with Gasteiger partial charge in [0.1, 0.15) is 6.10 Å². The van der Waals surface area contributed by atoms with Crippen molar-refractivity contribution in [3.05, 3.63) is 42.0 Å². The zero-order valence-corrected chi connectivity index (χ0v) is 18.4. The number of amides is 1. The summed E-state index contributed by atoms with van der Waals surface area (Å²) in [6.45, 7) is 3.52. The van der Waals surface area contributed by atoms with Crippen LogP contribution in [0, 0.1) is 0 Å². The number of likely N-dealkylation sites (tertiary alicyclic amines) is 1. The predicted octanol–water partition coefficient (Wildman–Crippen LogP) is 3.64. The number of nitrogens with zero attached hydrogens (tertiary/aromatic N) is 2. The topological polar surface area (TPSA) is 69.7 Å². The molecule has 0 N–H and O–H groups in total. The highest BCUT2D eigenvalue weighted by Gasteiger charge is 2.35. The molecule has 0 bridgehead atoms. The molecule has 32 heavy (non-hydrogen) atoms. The van der Waals surface area contributed by atoms with Gasteiger partial charge in [0.15, 0.2) is 23.0 Å². The van der Waals surface area contributed by atoms with Crippen molar-refractivity contribution in [1.29, 1.82) is 0 Å². The van der Waals surface area contributed by atoms with E-state index in [-0.39, 0.29) is 12.2 Å². The molecular weight excluding hydrogens is 412 g/mol. The molecule has 0 radical (unpaired) electrons. The van der Waals surface area contributed by atoms with E-state index in [1.807, 2.05) is 12.1 Å². The van der Waals surface area contributed by atoms with Gasteiger partial charge >= 0.3 is 6.09 Å². The molecule has 1 amide bonds. The highest BCUT2D eigenvalue weighted by Crippen LogP contribution is 2.38. The fourth-order valence-electron chi connectivity index (χ4n) is 4.72. The van der Waals surface area contributed by atoms with E-state index in [0.29, 0.717) is 30.8 Å². The third kappa shape index (κ3) is 4.02. The minimum absolute atomic E-state index is 0.155. The molecule has 3 aliphatic rings. The first-order chi connectivity index (χ1) is 15.6. The number of hydrogen-bond acceptors (Lipinski definition) is 7. The number of hydrogen-bond donors (Lipinski definition) is 0. The molecule has 170 valence electrons. The molecule has 3 heterocycles. The lowest BCUT2D eigenvalue weighted by molar-refractivity contribution is 0.0976. The van der Waals surface area contributed by atoms with Crippen molar-refractivity contribution in [2.24, 2.45) is 0 Å². The number of piperidine rings is 1. The summed E-state index contributed by atoms with van der Waals surface area (Å²) in [4.78, 5) is 16.5. The molecule has 2 aromatic rings. The van der Waals surface area contributed by atoms with Gasteiger partial charge in [0.05, 0.1) is 26.5 Å². The highest BCUT2D eigenvalue weighted by molar-refractivity contribution is 5.90. The second kappa shape index (κ2) is 8.78. The molecule has 0 aliphatic carbocycles. The van der Waals surface area contributed by atoms with Gasteiger partial charge in [-0.25, -0.2) is 4.79 Å². The van der Waals surface area contributed by atoms with E-state index in [9.17, 15) is 4.79 Å². The summed E-state index contributed by atoms with van der Waals surface area (Å²) in [6.07, 6.45) is 1.66. The number of benzene rings is 2. The summed E-state index contributed by atoms with van der Waals surface area (Å²) in [7, 11) is 3.17. The third-order valence-electron chi connectivity index (χ3n) is 6.47. The second-order valence-corrected chi connectivity index (χ2v) is 8.34. The quantitative estimate of drug-likeness (QED) is 0.679. The minimum atomic E-state index is -0.322. The first kappa shape index (κ1) is 20.8. The molecule has 0 spiro atoms. The van der Waals surface area contributed by atoms with E-state index in [0.717, 1.165) is 49.7 Å². The van der Waals surface area contributed by atoms with Crippen LogP contribution in [0.1, 0.15) is 24.3 Å². The summed E-state index contributed by atoms with van der Waals surface area (Å²) < 4.78 is 27.3. The number of cyclic esters (lactones) is 1. The molecule has 8 heteroatoms. The molecule has 1 unspecified atom stereocenters. The fraction of sp³-hybridized carbons (Fsp3) is 0.458. The number of ether oxygens (including phenoxy) is 5. The van der Waals surface area contributed by atoms with Gasteiger partial charge in [0.2, 0.25) is 6.79 Å². The molecule has 3 aliphatic heterocycles. The Hall–Kier alpha value is -3.13. The van der Waals surface area contributed by atoms with E-state index in [1.165, 1.54) is 5.56 Å². The number of carbonyl (C=O) groups is 1. The third-order valence-corrected chi connectivity index (χ3v) is 6.47. The highest BCUT2D eigenvalue weighted by atomic mass is 16.7. The van der Waals surface area contributed by atoms with E-state index in [1.54, 1.807) is 31.3 Å². The summed E-state index contributed by atoms with van der Waals surface area (Å²) in [5.41, 5.74) is 2.05. The number of fused-ring (bicyclic) bond motifs is 1. The average Bonchev–Trinajstić information content (AvgIpc) is 3.44. The maximum absolute atomic E-state index is 12.5. The van der Waals surface area contributed by atoms with E-state index in [2.05, 4.69) is 17.0 Å². The normalized spacial score (nSPS) is 21.0. The van der Waals surface area contributed by atoms with Gasteiger partial charge in [-0.3, -0.25) is 9.80 Å². The molecule has 5 rings (SSSR count). The molecule has 1 atom stereocenters. The van der Waals surface area contributed by atoms with Crippen LogP contribution in [0.4, 0.5) is 10.5 Å². The smallest absolute Gasteiger partial charge is 0.414 e. The summed E-state index contributed by atoms with van der Waals surface area (Å²) in [5, 5.41) is 0. The molecular formula is C24H28N2O6. The Balaban J connectivity index is 1.16. The van der Waals surface area contributed by atoms with Crippen molar-refractivity contribution in [3.8, 4) is 23.0 Å². The zero-order chi connectivity index (χ0) is 22.1. The lowest BCUT2D eigenvalue weighted by Gasteiger charge is -2.33. The zero-order valence-electron chi connectivity index (χ0n) is 18.4. The Morgan fingerprint density at radius 1 is 0.969 bits per heavy atom. The van der Waals surface area contributed by atoms with E-state index < -0.39 is 0 Å². The van der Waals surface area contributed by atoms with Gasteiger partial charge in [0.25, 0.3) is 0 Å². The standard InChI is InChI=1S/C24H28N2O6/c1-28-20-6-4-18(12-22(20)29-2)26-14-19(32-24(26)27)13-25-9-7-16(8-10-25)17-3-5-21-23(11-17)31-15-30-21/h3-6,11-12,16,19H,7-10,13-15H2,1-2H3. The Morgan fingerprint density at radius 3 is 2.53 bits per heavy atom. The van der Waals surface area contributed by atoms with Gasteiger partial charge in [-0.1, -0.05) is 6.07 Å². The van der Waals surface area contributed by atoms with Gasteiger partial charge in [-0.15, -0.1) is 0 Å². The van der Waals surface area contributed by atoms with Crippen LogP contribution in [-0.2, 0) is 4.74 Å². The Kier molecular flexibility index (Phi) is 5.70. The molecule has 0 aromatic heterocycles. The largest absolute Gasteiger partial charge is 0.493 e. The molecule has 2 saturated heterocycles. The van der Waals surface area contributed by atoms with Crippen LogP contribution in [0.3, 0.4) is 0 Å². The fourth-order valence-corrected chi connectivity index (χ4v) is 4.72. The van der Waals surface area contributed by atoms with Crippen LogP contribution in [-0.4, -0.2) is 64.3 Å². The maximum Gasteiger partial charge on any atom is 0.414 e. The first-order valence-electron chi connectivity index (χ1n) is 11.0. The minimum Gasteiger partial charge on any atom is -0.493 e. The van der Waals surface area contributed by atoms with Crippen molar-refractivity contribution in [2.75, 3.05) is 52.1 Å². The van der Waals surface area contributed by atoms with Gasteiger partial charge in [-0.05, 0) is 61.7 Å². The van der Waals surface area contributed by atoms with E-state index in [4.69, 9.17) is 23.7 Å². The van der Waals surface area contributed by atoms with Crippen molar-refractivity contribution in [2.45, 2.75) is 24.9 Å². The summed E-state index contributed by atoms with van der Waals surface area (Å²) >= 11 is 0. The molecule has 8 nitrogen and oxygen atoms in total. The second-order valence-electron chi connectivity index (χ2n) is 8.34. The van der Waals surface area contributed by atoms with E-state index >= 15 is 0 Å². The van der Waals surface area contributed by atoms with Crippen molar-refractivity contribution >= 4 is 11.8 Å². The SMILES string of the molecule is COc1ccc(N2CC(CN3CCC(c4ccc5c(c4)OCO5)CC3)OC2=O)cc1OC. The molecule has 2 aromatic carbocycles. The average molecular weight is 440 g/mol. The number of rotatable bonds is 6. The van der Waals surface area contributed by atoms with Crippen LogP contribution in [0.25, 0.3) is 0 Å². The lowest BCUT2D eigenvalue weighted by Crippen LogP contribution is -2.39. The summed E-state index contributed by atoms with van der Waals surface area (Å²) in [5.74, 6) is 3.40. The van der Waals surface area contributed by atoms with Crippen LogP contribution in [0.5, 0.6) is 23.0 Å². The monoisotopic (exact) mass is 440 g/mol. The Labute approximate surface area is 187 Å². The first-order valence-corrected chi connectivity index (χ1v) is 11.0. The van der Waals surface area contributed by atoms with Crippen molar-refractivity contribution < 1.29 is 28.5 Å². The van der Waals surface area contributed by atoms with Crippen LogP contribution in [0.15, 0.2) is 36.4 Å². The van der Waals surface area contributed by atoms with Crippen LogP contribution < -0.4 is 23.8 Å². The predicted molar refractivity (Wildman–Crippen MR) is 118 cm³/mol. The van der Waals surface area contributed by atoms with Gasteiger partial charge < -0.3 is 23.7 Å². The molecule has 0 saturated carbocycles. The number of carbonyl (C=O) groups excluding carboxylic acids is 1. The summed E-state index contributed by atoms with van der Waals surface area (Å²) in [6, 6.07) is 11.7.